The maximum atomic E-state index is 12.3. The highest BCUT2D eigenvalue weighted by Gasteiger charge is 2.21. The largest absolute Gasteiger partial charge is 0.335 e. The highest BCUT2D eigenvalue weighted by Crippen LogP contribution is 2.24. The van der Waals surface area contributed by atoms with Gasteiger partial charge in [-0.2, -0.15) is 0 Å². The molecule has 0 aromatic carbocycles. The molecule has 0 spiro atoms. The van der Waals surface area contributed by atoms with Crippen molar-refractivity contribution in [3.8, 4) is 0 Å². The van der Waals surface area contributed by atoms with Gasteiger partial charge in [-0.05, 0) is 19.3 Å². The average molecular weight is 248 g/mol. The first kappa shape index (κ1) is 13.3. The maximum absolute atomic E-state index is 12.3. The van der Waals surface area contributed by atoms with Crippen LogP contribution < -0.4 is 0 Å². The van der Waals surface area contributed by atoms with Gasteiger partial charge in [0.2, 0.25) is 0 Å². The number of ketones is 1. The lowest BCUT2D eigenvalue weighted by molar-refractivity contribution is -0.122. The van der Waals surface area contributed by atoms with Gasteiger partial charge in [0.1, 0.15) is 11.6 Å². The third kappa shape index (κ3) is 3.44. The van der Waals surface area contributed by atoms with E-state index < -0.39 is 0 Å². The molecule has 18 heavy (non-hydrogen) atoms. The van der Waals surface area contributed by atoms with Crippen molar-refractivity contribution in [2.75, 3.05) is 0 Å². The van der Waals surface area contributed by atoms with Crippen LogP contribution in [0.5, 0.6) is 0 Å². The zero-order valence-corrected chi connectivity index (χ0v) is 11.4. The van der Waals surface area contributed by atoms with E-state index in [0.717, 1.165) is 31.6 Å². The minimum absolute atomic E-state index is 0.291. The van der Waals surface area contributed by atoms with Crippen LogP contribution in [-0.2, 0) is 17.8 Å². The van der Waals surface area contributed by atoms with Gasteiger partial charge in [-0.3, -0.25) is 4.79 Å². The number of rotatable bonds is 5. The molecule has 0 radical (unpaired) electrons. The Kier molecular flexibility index (Phi) is 4.97. The lowest BCUT2D eigenvalue weighted by atomic mass is 9.93. The second-order valence-electron chi connectivity index (χ2n) is 5.37. The Labute approximate surface area is 110 Å². The molecule has 0 saturated heterocycles. The molecule has 2 rings (SSSR count). The molecule has 1 aromatic heterocycles. The van der Waals surface area contributed by atoms with Gasteiger partial charge in [0.25, 0.3) is 0 Å². The van der Waals surface area contributed by atoms with E-state index in [-0.39, 0.29) is 0 Å². The van der Waals surface area contributed by atoms with Crippen LogP contribution in [0.4, 0.5) is 0 Å². The van der Waals surface area contributed by atoms with Crippen LogP contribution in [0, 0.1) is 5.92 Å². The number of carbonyl (C=O) groups excluding carboxylic acids is 1. The molecule has 1 fully saturated rings. The van der Waals surface area contributed by atoms with Crippen LogP contribution in [0.25, 0.3) is 0 Å². The summed E-state index contributed by atoms with van der Waals surface area (Å²) in [4.78, 5) is 16.7. The second kappa shape index (κ2) is 6.72. The summed E-state index contributed by atoms with van der Waals surface area (Å²) in [6.45, 7) is 3.12. The topological polar surface area (TPSA) is 34.9 Å². The van der Waals surface area contributed by atoms with Gasteiger partial charge in [0.15, 0.2) is 0 Å². The monoisotopic (exact) mass is 248 g/mol. The smallest absolute Gasteiger partial charge is 0.143 e. The number of aromatic nitrogens is 2. The lowest BCUT2D eigenvalue weighted by Crippen LogP contribution is -2.18. The molecule has 0 aliphatic heterocycles. The van der Waals surface area contributed by atoms with Crippen molar-refractivity contribution in [2.24, 2.45) is 5.92 Å². The predicted molar refractivity (Wildman–Crippen MR) is 72.4 cm³/mol. The van der Waals surface area contributed by atoms with Gasteiger partial charge in [0.05, 0.1) is 6.42 Å². The third-order valence-electron chi connectivity index (χ3n) is 3.91. The summed E-state index contributed by atoms with van der Waals surface area (Å²) >= 11 is 0. The molecule has 0 unspecified atom stereocenters. The van der Waals surface area contributed by atoms with Crippen molar-refractivity contribution >= 4 is 5.78 Å². The molecule has 1 aliphatic rings. The van der Waals surface area contributed by atoms with E-state index >= 15 is 0 Å². The molecule has 0 N–H and O–H groups in total. The molecule has 1 heterocycles. The Morgan fingerprint density at radius 2 is 2.06 bits per heavy atom. The van der Waals surface area contributed by atoms with Gasteiger partial charge in [-0.25, -0.2) is 4.98 Å². The van der Waals surface area contributed by atoms with Gasteiger partial charge in [-0.1, -0.05) is 32.6 Å². The molecule has 0 bridgehead atoms. The number of carbonyl (C=O) groups is 1. The SMILES string of the molecule is CCCn1ccnc1CC(=O)C1CCCCCC1. The zero-order valence-electron chi connectivity index (χ0n) is 11.4. The summed E-state index contributed by atoms with van der Waals surface area (Å²) < 4.78 is 2.12. The summed E-state index contributed by atoms with van der Waals surface area (Å²) in [5, 5.41) is 0. The summed E-state index contributed by atoms with van der Waals surface area (Å²) in [6.07, 6.45) is 12.6. The number of hydrogen-bond donors (Lipinski definition) is 0. The Balaban J connectivity index is 1.94. The number of imidazole rings is 1. The van der Waals surface area contributed by atoms with Gasteiger partial charge >= 0.3 is 0 Å². The van der Waals surface area contributed by atoms with E-state index in [1.165, 1.54) is 25.7 Å². The highest BCUT2D eigenvalue weighted by molar-refractivity contribution is 5.82. The van der Waals surface area contributed by atoms with Crippen LogP contribution in [0.1, 0.15) is 57.7 Å². The first-order valence-corrected chi connectivity index (χ1v) is 7.34. The zero-order chi connectivity index (χ0) is 12.8. The van der Waals surface area contributed by atoms with E-state index in [0.29, 0.717) is 18.1 Å². The molecule has 0 amide bonds. The first-order valence-electron chi connectivity index (χ1n) is 7.34. The minimum atomic E-state index is 0.291. The first-order chi connectivity index (χ1) is 8.81. The Hall–Kier alpha value is -1.12. The quantitative estimate of drug-likeness (QED) is 0.749. The number of hydrogen-bond acceptors (Lipinski definition) is 2. The summed E-state index contributed by atoms with van der Waals surface area (Å²) in [6, 6.07) is 0. The van der Waals surface area contributed by atoms with Crippen molar-refractivity contribution in [3.05, 3.63) is 18.2 Å². The summed E-state index contributed by atoms with van der Waals surface area (Å²) in [7, 11) is 0. The van der Waals surface area contributed by atoms with Crippen LogP contribution in [0.2, 0.25) is 0 Å². The van der Waals surface area contributed by atoms with Crippen LogP contribution in [0.15, 0.2) is 12.4 Å². The number of Topliss-reactive ketones (excluding diaryl/α,β-unsaturated/α-hetero) is 1. The van der Waals surface area contributed by atoms with E-state index in [4.69, 9.17) is 0 Å². The molecule has 3 nitrogen and oxygen atoms in total. The van der Waals surface area contributed by atoms with Crippen molar-refractivity contribution < 1.29 is 4.79 Å². The number of nitrogens with zero attached hydrogens (tertiary/aromatic N) is 2. The normalized spacial score (nSPS) is 17.6. The van der Waals surface area contributed by atoms with Crippen molar-refractivity contribution in [1.29, 1.82) is 0 Å². The second-order valence-corrected chi connectivity index (χ2v) is 5.37. The fraction of sp³-hybridized carbons (Fsp3) is 0.733. The lowest BCUT2D eigenvalue weighted by Gasteiger charge is -2.13. The van der Waals surface area contributed by atoms with Crippen LogP contribution >= 0.6 is 0 Å². The fourth-order valence-electron chi connectivity index (χ4n) is 2.85. The molecule has 100 valence electrons. The van der Waals surface area contributed by atoms with Crippen molar-refractivity contribution in [2.45, 2.75) is 64.8 Å². The highest BCUT2D eigenvalue weighted by atomic mass is 16.1. The van der Waals surface area contributed by atoms with Gasteiger partial charge in [0, 0.05) is 24.9 Å². The van der Waals surface area contributed by atoms with E-state index in [1.807, 2.05) is 12.4 Å². The van der Waals surface area contributed by atoms with E-state index in [9.17, 15) is 4.79 Å². The maximum Gasteiger partial charge on any atom is 0.143 e. The fourth-order valence-corrected chi connectivity index (χ4v) is 2.85. The summed E-state index contributed by atoms with van der Waals surface area (Å²) in [5.41, 5.74) is 0. The predicted octanol–water partition coefficient (Wildman–Crippen LogP) is 3.38. The molecule has 0 atom stereocenters. The Morgan fingerprint density at radius 3 is 2.72 bits per heavy atom. The van der Waals surface area contributed by atoms with E-state index in [1.54, 1.807) is 0 Å². The standard InChI is InChI=1S/C15H24N2O/c1-2-10-17-11-9-16-15(17)12-14(18)13-7-5-3-4-6-8-13/h9,11,13H,2-8,10,12H2,1H3. The molecule has 1 saturated carbocycles. The van der Waals surface area contributed by atoms with Crippen molar-refractivity contribution in [3.63, 3.8) is 0 Å². The molecular weight excluding hydrogens is 224 g/mol. The average Bonchev–Trinajstić information content (AvgIpc) is 2.66. The number of aryl methyl sites for hydroxylation is 1. The minimum Gasteiger partial charge on any atom is -0.335 e. The van der Waals surface area contributed by atoms with Gasteiger partial charge in [-0.15, -0.1) is 0 Å². The van der Waals surface area contributed by atoms with Crippen LogP contribution in [-0.4, -0.2) is 15.3 Å². The van der Waals surface area contributed by atoms with Crippen LogP contribution in [0.3, 0.4) is 0 Å². The Bertz CT molecular complexity index is 376. The molecule has 1 aliphatic carbocycles. The molecule has 1 aromatic rings. The van der Waals surface area contributed by atoms with E-state index in [2.05, 4.69) is 16.5 Å². The van der Waals surface area contributed by atoms with Gasteiger partial charge < -0.3 is 4.57 Å². The third-order valence-corrected chi connectivity index (χ3v) is 3.91. The molecular formula is C15H24N2O. The Morgan fingerprint density at radius 1 is 1.33 bits per heavy atom. The van der Waals surface area contributed by atoms with Crippen molar-refractivity contribution in [1.82, 2.24) is 9.55 Å². The summed E-state index contributed by atoms with van der Waals surface area (Å²) in [5.74, 6) is 1.64. The molecule has 3 heteroatoms.